The van der Waals surface area contributed by atoms with E-state index in [4.69, 9.17) is 16.1 Å². The normalized spacial score (nSPS) is 14.4. The smallest absolute Gasteiger partial charge is 0.317 e. The van der Waals surface area contributed by atoms with E-state index in [-0.39, 0.29) is 43.1 Å². The summed E-state index contributed by atoms with van der Waals surface area (Å²) in [5.41, 5.74) is 8.20. The number of rotatable bonds is 9. The van der Waals surface area contributed by atoms with Crippen LogP contribution in [0.25, 0.3) is 11.0 Å². The van der Waals surface area contributed by atoms with Crippen molar-refractivity contribution in [2.24, 2.45) is 12.8 Å². The molecule has 1 aromatic heterocycles. The molecule has 1 fully saturated rings. The number of aromatic nitrogens is 2. The molecule has 1 aliphatic rings. The van der Waals surface area contributed by atoms with E-state index in [1.165, 1.54) is 0 Å². The van der Waals surface area contributed by atoms with Crippen LogP contribution in [0.3, 0.4) is 0 Å². The average molecular weight is 550 g/mol. The van der Waals surface area contributed by atoms with E-state index < -0.39 is 11.5 Å². The number of imidazole rings is 1. The molecule has 0 aliphatic carbocycles. The molecule has 2 aromatic carbocycles. The number of aryl methyl sites for hydroxylation is 1. The number of hydrogen-bond donors (Lipinski definition) is 5. The number of benzene rings is 2. The lowest BCUT2D eigenvalue weighted by Gasteiger charge is -2.33. The van der Waals surface area contributed by atoms with Gasteiger partial charge in [-0.2, -0.15) is 0 Å². The minimum atomic E-state index is -1.18. The van der Waals surface area contributed by atoms with E-state index in [2.05, 4.69) is 10.6 Å². The summed E-state index contributed by atoms with van der Waals surface area (Å²) in [6.45, 7) is 3.25. The van der Waals surface area contributed by atoms with Crippen molar-refractivity contribution in [2.45, 2.75) is 31.8 Å². The largest absolute Gasteiger partial charge is 0.480 e. The van der Waals surface area contributed by atoms with Crippen molar-refractivity contribution in [3.8, 4) is 0 Å². The Labute approximate surface area is 227 Å². The lowest BCUT2D eigenvalue weighted by Crippen LogP contribution is -2.54. The summed E-state index contributed by atoms with van der Waals surface area (Å²) in [6.07, 6.45) is 1.90. The molecule has 0 bridgehead atoms. The van der Waals surface area contributed by atoms with E-state index in [0.29, 0.717) is 30.8 Å². The molecule has 1 aliphatic heterocycles. The van der Waals surface area contributed by atoms with Crippen LogP contribution in [0.5, 0.6) is 0 Å². The Morgan fingerprint density at radius 2 is 1.78 bits per heavy atom. The number of likely N-dealkylation sites (tertiary alicyclic amines) is 1. The van der Waals surface area contributed by atoms with E-state index in [1.807, 2.05) is 41.9 Å². The van der Waals surface area contributed by atoms with Gasteiger partial charge in [0.05, 0.1) is 24.1 Å². The van der Waals surface area contributed by atoms with Crippen LogP contribution in [0.15, 0.2) is 42.5 Å². The molecule has 1 saturated heterocycles. The molecule has 37 heavy (non-hydrogen) atoms. The highest BCUT2D eigenvalue weighted by Crippen LogP contribution is 2.29. The first kappa shape index (κ1) is 29.9. The van der Waals surface area contributed by atoms with E-state index in [9.17, 15) is 14.7 Å². The van der Waals surface area contributed by atoms with Crippen molar-refractivity contribution in [3.63, 3.8) is 0 Å². The molecular weight excluding hydrogens is 517 g/mol. The van der Waals surface area contributed by atoms with Crippen LogP contribution in [0.4, 0.5) is 5.69 Å². The number of carboxylic acids is 1. The fraction of sp³-hybridized carbons (Fsp3) is 0.360. The number of hydrogen-bond acceptors (Lipinski definition) is 6. The number of aliphatic carboxylic acids is 1. The van der Waals surface area contributed by atoms with Crippen LogP contribution in [-0.2, 0) is 28.7 Å². The monoisotopic (exact) mass is 549 g/mol. The number of nitrogens with one attached hydrogen (secondary N) is 3. The van der Waals surface area contributed by atoms with Gasteiger partial charge in [-0.15, -0.1) is 24.8 Å². The van der Waals surface area contributed by atoms with Crippen molar-refractivity contribution in [1.82, 2.24) is 19.8 Å². The first-order valence-corrected chi connectivity index (χ1v) is 11.6. The maximum atomic E-state index is 13.4. The Morgan fingerprint density at radius 3 is 2.38 bits per heavy atom. The summed E-state index contributed by atoms with van der Waals surface area (Å²) in [7, 11) is 1.93. The Hall–Kier alpha value is -3.34. The van der Waals surface area contributed by atoms with Crippen LogP contribution in [0.2, 0.25) is 0 Å². The van der Waals surface area contributed by atoms with E-state index >= 15 is 0 Å². The number of halogens is 2. The SMILES string of the molecule is Cl.Cl.Cn1c(CNc2ccc(C(=N)N)cc2)nc2cc([C@@](C)(NCC(=O)O)C(=O)N3CCCC3)ccc21. The third kappa shape index (κ3) is 6.33. The second-order valence-electron chi connectivity index (χ2n) is 9.01. The number of anilines is 1. The van der Waals surface area contributed by atoms with Crippen LogP contribution in [-0.4, -0.2) is 56.9 Å². The van der Waals surface area contributed by atoms with Crippen LogP contribution in [0, 0.1) is 5.41 Å². The van der Waals surface area contributed by atoms with E-state index in [1.54, 1.807) is 24.0 Å². The third-order valence-electron chi connectivity index (χ3n) is 6.61. The minimum Gasteiger partial charge on any atom is -0.480 e. The third-order valence-corrected chi connectivity index (χ3v) is 6.61. The number of amidine groups is 1. The second-order valence-corrected chi connectivity index (χ2v) is 9.01. The summed E-state index contributed by atoms with van der Waals surface area (Å²) < 4.78 is 1.99. The standard InChI is InChI=1S/C25H31N7O3.2ClH/c1-25(29-15-22(33)34,24(35)32-11-3-4-12-32)17-7-10-20-19(13-17)30-21(31(20)2)14-28-18-8-5-16(6-9-18)23(26)27;;/h5-10,13,28-29H,3-4,11-12,14-15H2,1-2H3,(H3,26,27)(H,33,34);2*1H/t25-;;/m1../s1. The summed E-state index contributed by atoms with van der Waals surface area (Å²) in [5, 5.41) is 23.1. The predicted molar refractivity (Wildman–Crippen MR) is 149 cm³/mol. The van der Waals surface area contributed by atoms with Crippen molar-refractivity contribution < 1.29 is 14.7 Å². The number of carboxylic acid groups (broad SMARTS) is 1. The zero-order valence-electron chi connectivity index (χ0n) is 20.8. The molecule has 2 heterocycles. The van der Waals surface area contributed by atoms with Crippen LogP contribution in [0.1, 0.15) is 36.7 Å². The highest BCUT2D eigenvalue weighted by atomic mass is 35.5. The Balaban J connectivity index is 0.00000241. The van der Waals surface area contributed by atoms with Gasteiger partial charge in [0.2, 0.25) is 5.91 Å². The number of nitrogens with two attached hydrogens (primary N) is 1. The maximum Gasteiger partial charge on any atom is 0.317 e. The van der Waals surface area contributed by atoms with Gasteiger partial charge in [0.25, 0.3) is 0 Å². The highest BCUT2D eigenvalue weighted by molar-refractivity contribution is 5.95. The van der Waals surface area contributed by atoms with E-state index in [0.717, 1.165) is 35.4 Å². The summed E-state index contributed by atoms with van der Waals surface area (Å²) in [4.78, 5) is 31.3. The number of fused-ring (bicyclic) bond motifs is 1. The van der Waals surface area contributed by atoms with Gasteiger partial charge < -0.3 is 25.6 Å². The summed E-state index contributed by atoms with van der Waals surface area (Å²) in [6, 6.07) is 12.9. The number of amides is 1. The van der Waals surface area contributed by atoms with Gasteiger partial charge in [0, 0.05) is 31.4 Å². The fourth-order valence-electron chi connectivity index (χ4n) is 4.46. The maximum absolute atomic E-state index is 13.4. The average Bonchev–Trinajstić information content (AvgIpc) is 3.49. The topological polar surface area (TPSA) is 149 Å². The zero-order valence-corrected chi connectivity index (χ0v) is 22.4. The molecule has 12 heteroatoms. The highest BCUT2D eigenvalue weighted by Gasteiger charge is 2.39. The number of carbonyl (C=O) groups is 2. The van der Waals surface area contributed by atoms with Crippen molar-refractivity contribution in [3.05, 3.63) is 59.4 Å². The molecule has 3 aromatic rings. The van der Waals surface area contributed by atoms with Crippen LogP contribution < -0.4 is 16.4 Å². The molecule has 0 spiro atoms. The van der Waals surface area contributed by atoms with Gasteiger partial charge in [0.15, 0.2) is 0 Å². The molecule has 4 rings (SSSR count). The molecular formula is C25H33Cl2N7O3. The van der Waals surface area contributed by atoms with Gasteiger partial charge in [-0.25, -0.2) is 4.98 Å². The van der Waals surface area contributed by atoms with Crippen molar-refractivity contribution in [2.75, 3.05) is 25.0 Å². The first-order chi connectivity index (χ1) is 16.7. The molecule has 0 radical (unpaired) electrons. The Bertz CT molecular complexity index is 1270. The predicted octanol–water partition coefficient (Wildman–Crippen LogP) is 2.82. The number of nitrogens with zero attached hydrogens (tertiary/aromatic N) is 3. The molecule has 6 N–H and O–H groups in total. The molecule has 200 valence electrons. The molecule has 0 saturated carbocycles. The van der Waals surface area contributed by atoms with Crippen molar-refractivity contribution >= 4 is 59.2 Å². The molecule has 10 nitrogen and oxygen atoms in total. The fourth-order valence-corrected chi connectivity index (χ4v) is 4.46. The lowest BCUT2D eigenvalue weighted by atomic mass is 9.89. The van der Waals surface area contributed by atoms with Gasteiger partial charge in [0.1, 0.15) is 17.2 Å². The van der Waals surface area contributed by atoms with Gasteiger partial charge in [-0.1, -0.05) is 6.07 Å². The first-order valence-electron chi connectivity index (χ1n) is 11.6. The molecule has 1 amide bonds. The molecule has 1 atom stereocenters. The second kappa shape index (κ2) is 12.3. The van der Waals surface area contributed by atoms with Crippen LogP contribution >= 0.6 is 24.8 Å². The van der Waals surface area contributed by atoms with Gasteiger partial charge in [-0.05, 0) is 61.7 Å². The minimum absolute atomic E-state index is 0. The molecule has 0 unspecified atom stereocenters. The lowest BCUT2D eigenvalue weighted by molar-refractivity contribution is -0.139. The summed E-state index contributed by atoms with van der Waals surface area (Å²) >= 11 is 0. The van der Waals surface area contributed by atoms with Gasteiger partial charge >= 0.3 is 5.97 Å². The quantitative estimate of drug-likeness (QED) is 0.203. The number of carbonyl (C=O) groups excluding carboxylic acids is 1. The van der Waals surface area contributed by atoms with Gasteiger partial charge in [-0.3, -0.25) is 20.3 Å². The zero-order chi connectivity index (χ0) is 25.2. The Morgan fingerprint density at radius 1 is 1.14 bits per heavy atom. The summed E-state index contributed by atoms with van der Waals surface area (Å²) in [5.74, 6) is -0.314. The number of nitrogen functional groups attached to an aromatic ring is 1. The Kier molecular flexibility index (Phi) is 9.91. The van der Waals surface area contributed by atoms with Crippen molar-refractivity contribution in [1.29, 1.82) is 5.41 Å².